The number of ether oxygens (including phenoxy) is 1. The summed E-state index contributed by atoms with van der Waals surface area (Å²) in [5.74, 6) is -0.682. The maximum atomic E-state index is 13.0. The molecule has 0 aromatic carbocycles. The number of pyridine rings is 1. The first-order chi connectivity index (χ1) is 13.4. The fourth-order valence-electron chi connectivity index (χ4n) is 2.61. The highest BCUT2D eigenvalue weighted by Gasteiger charge is 2.29. The first-order valence-electron chi connectivity index (χ1n) is 9.20. The highest BCUT2D eigenvalue weighted by Crippen LogP contribution is 2.23. The Labute approximate surface area is 179 Å². The first kappa shape index (κ1) is 23.6. The fraction of sp³-hybridized carbons (Fsp3) is 0.579. The molecule has 1 aliphatic heterocycles. The highest BCUT2D eigenvalue weighted by atomic mass is 35.5. The molecular formula is C19H27ClN4O4S. The lowest BCUT2D eigenvalue weighted by molar-refractivity contribution is 0.00327. The molecule has 2 rings (SSSR count). The minimum Gasteiger partial charge on any atom is -0.591 e. The van der Waals surface area contributed by atoms with Crippen LogP contribution in [0.4, 0.5) is 0 Å². The van der Waals surface area contributed by atoms with Gasteiger partial charge in [-0.3, -0.25) is 9.59 Å². The second-order valence-electron chi connectivity index (χ2n) is 7.98. The smallest absolute Gasteiger partial charge is 0.272 e. The largest absolute Gasteiger partial charge is 0.591 e. The molecule has 8 nitrogen and oxygen atoms in total. The summed E-state index contributed by atoms with van der Waals surface area (Å²) in [6, 6.07) is 1.31. The lowest BCUT2D eigenvalue weighted by atomic mass is 10.1. The first-order valence-corrected chi connectivity index (χ1v) is 10.7. The molecule has 0 spiro atoms. The van der Waals surface area contributed by atoms with Crippen LogP contribution in [0.25, 0.3) is 0 Å². The zero-order chi connectivity index (χ0) is 21.9. The van der Waals surface area contributed by atoms with E-state index in [-0.39, 0.29) is 39.8 Å². The number of aromatic nitrogens is 1. The van der Waals surface area contributed by atoms with Gasteiger partial charge in [0.2, 0.25) is 0 Å². The molecule has 2 heterocycles. The SMILES string of the molecule is C[C@@H]1COCCN1C(=O)c1cc(C(=O)N(C)C)c(/C=N/[S+]([O-])C(C)(C)C)c(Cl)n1. The van der Waals surface area contributed by atoms with Crippen LogP contribution < -0.4 is 0 Å². The molecule has 0 saturated carbocycles. The third-order valence-corrected chi connectivity index (χ3v) is 5.93. The van der Waals surface area contributed by atoms with Crippen LogP contribution in [-0.4, -0.2) is 82.0 Å². The summed E-state index contributed by atoms with van der Waals surface area (Å²) in [5, 5.41) is -0.0448. The van der Waals surface area contributed by atoms with Crippen molar-refractivity contribution in [1.82, 2.24) is 14.8 Å². The molecular weight excluding hydrogens is 416 g/mol. The topological polar surface area (TPSA) is 98.2 Å². The number of halogens is 1. The lowest BCUT2D eigenvalue weighted by Gasteiger charge is -2.33. The van der Waals surface area contributed by atoms with Crippen LogP contribution in [0, 0.1) is 0 Å². The molecule has 1 aromatic rings. The van der Waals surface area contributed by atoms with Gasteiger partial charge in [0.15, 0.2) is 0 Å². The molecule has 10 heteroatoms. The van der Waals surface area contributed by atoms with E-state index >= 15 is 0 Å². The van der Waals surface area contributed by atoms with Crippen molar-refractivity contribution in [2.24, 2.45) is 4.40 Å². The molecule has 2 amide bonds. The molecule has 0 radical (unpaired) electrons. The number of amides is 2. The third-order valence-electron chi connectivity index (χ3n) is 4.30. The molecule has 0 bridgehead atoms. The molecule has 1 fully saturated rings. The van der Waals surface area contributed by atoms with Crippen LogP contribution in [-0.2, 0) is 16.1 Å². The summed E-state index contributed by atoms with van der Waals surface area (Å²) in [5.41, 5.74) is 0.478. The van der Waals surface area contributed by atoms with Crippen molar-refractivity contribution in [3.05, 3.63) is 28.0 Å². The van der Waals surface area contributed by atoms with Crippen molar-refractivity contribution < 1.29 is 18.9 Å². The Hall–Kier alpha value is -1.68. The summed E-state index contributed by atoms with van der Waals surface area (Å²) in [4.78, 5) is 32.9. The number of morpholine rings is 1. The van der Waals surface area contributed by atoms with Gasteiger partial charge in [0.05, 0.1) is 31.0 Å². The number of carbonyl (C=O) groups is 2. The fourth-order valence-corrected chi connectivity index (χ4v) is 3.37. The van der Waals surface area contributed by atoms with Crippen LogP contribution in [0.2, 0.25) is 5.15 Å². The van der Waals surface area contributed by atoms with Gasteiger partial charge >= 0.3 is 0 Å². The molecule has 29 heavy (non-hydrogen) atoms. The third kappa shape index (κ3) is 5.69. The number of hydrogen-bond acceptors (Lipinski definition) is 6. The van der Waals surface area contributed by atoms with Crippen LogP contribution in [0.1, 0.15) is 54.1 Å². The Morgan fingerprint density at radius 1 is 1.45 bits per heavy atom. The number of carbonyl (C=O) groups excluding carboxylic acids is 2. The van der Waals surface area contributed by atoms with Gasteiger partial charge in [0.25, 0.3) is 11.8 Å². The normalized spacial score (nSPS) is 18.8. The van der Waals surface area contributed by atoms with Crippen molar-refractivity contribution in [1.29, 1.82) is 0 Å². The standard InChI is InChI=1S/C19H27ClN4O4S/c1-12-11-28-8-7-24(12)18(26)15-9-13(17(25)23(5)6)14(16(20)22-15)10-21-29(27)19(2,3)4/h9-10,12H,7-8,11H2,1-6H3/b21-10+/t12-,29?/m1/s1. The van der Waals surface area contributed by atoms with Crippen LogP contribution in [0.15, 0.2) is 10.5 Å². The van der Waals surface area contributed by atoms with E-state index in [1.807, 2.05) is 6.92 Å². The van der Waals surface area contributed by atoms with E-state index in [1.54, 1.807) is 39.8 Å². The van der Waals surface area contributed by atoms with Gasteiger partial charge in [-0.1, -0.05) is 16.0 Å². The van der Waals surface area contributed by atoms with Gasteiger partial charge in [0, 0.05) is 26.2 Å². The molecule has 1 aliphatic rings. The Morgan fingerprint density at radius 2 is 2.10 bits per heavy atom. The minimum absolute atomic E-state index is 0.0448. The summed E-state index contributed by atoms with van der Waals surface area (Å²) in [6.07, 6.45) is 1.29. The van der Waals surface area contributed by atoms with Crippen LogP contribution in [0.3, 0.4) is 0 Å². The molecule has 1 unspecified atom stereocenters. The Bertz CT molecular complexity index is 810. The minimum atomic E-state index is -1.53. The molecule has 0 aliphatic carbocycles. The zero-order valence-electron chi connectivity index (χ0n) is 17.6. The van der Waals surface area contributed by atoms with Gasteiger partial charge in [-0.05, 0) is 33.8 Å². The predicted octanol–water partition coefficient (Wildman–Crippen LogP) is 2.18. The van der Waals surface area contributed by atoms with E-state index in [9.17, 15) is 14.1 Å². The second kappa shape index (κ2) is 9.42. The number of rotatable bonds is 4. The summed E-state index contributed by atoms with van der Waals surface area (Å²) >= 11 is 4.80. The Morgan fingerprint density at radius 3 is 2.66 bits per heavy atom. The van der Waals surface area contributed by atoms with E-state index in [0.717, 1.165) is 0 Å². The van der Waals surface area contributed by atoms with Gasteiger partial charge in [0.1, 0.15) is 27.0 Å². The maximum Gasteiger partial charge on any atom is 0.272 e. The molecule has 1 saturated heterocycles. The van der Waals surface area contributed by atoms with Crippen molar-refractivity contribution in [2.45, 2.75) is 38.5 Å². The molecule has 160 valence electrons. The summed E-state index contributed by atoms with van der Waals surface area (Å²) < 4.78 is 21.1. The van der Waals surface area contributed by atoms with E-state index in [2.05, 4.69) is 9.38 Å². The van der Waals surface area contributed by atoms with Crippen molar-refractivity contribution in [2.75, 3.05) is 33.9 Å². The van der Waals surface area contributed by atoms with Crippen LogP contribution >= 0.6 is 11.6 Å². The average molecular weight is 443 g/mol. The highest BCUT2D eigenvalue weighted by molar-refractivity contribution is 7.91. The van der Waals surface area contributed by atoms with Crippen molar-refractivity contribution in [3.8, 4) is 0 Å². The molecule has 2 atom stereocenters. The van der Waals surface area contributed by atoms with E-state index in [0.29, 0.717) is 19.8 Å². The van der Waals surface area contributed by atoms with E-state index < -0.39 is 16.1 Å². The monoisotopic (exact) mass is 442 g/mol. The number of nitrogens with zero attached hydrogens (tertiary/aromatic N) is 4. The van der Waals surface area contributed by atoms with Gasteiger partial charge < -0.3 is 19.1 Å². The Kier molecular flexibility index (Phi) is 7.67. The Balaban J connectivity index is 2.49. The van der Waals surface area contributed by atoms with Gasteiger partial charge in [-0.2, -0.15) is 0 Å². The van der Waals surface area contributed by atoms with Gasteiger partial charge in [-0.15, -0.1) is 0 Å². The van der Waals surface area contributed by atoms with Crippen LogP contribution in [0.5, 0.6) is 0 Å². The van der Waals surface area contributed by atoms with Crippen molar-refractivity contribution >= 4 is 41.0 Å². The quantitative estimate of drug-likeness (QED) is 0.404. The maximum absolute atomic E-state index is 13.0. The molecule has 1 aromatic heterocycles. The van der Waals surface area contributed by atoms with E-state index in [1.165, 1.54) is 17.2 Å². The summed E-state index contributed by atoms with van der Waals surface area (Å²) in [6.45, 7) is 8.56. The van der Waals surface area contributed by atoms with Gasteiger partial charge in [-0.25, -0.2) is 4.98 Å². The van der Waals surface area contributed by atoms with E-state index in [4.69, 9.17) is 16.3 Å². The predicted molar refractivity (Wildman–Crippen MR) is 114 cm³/mol. The number of hydrogen-bond donors (Lipinski definition) is 0. The van der Waals surface area contributed by atoms with Crippen molar-refractivity contribution in [3.63, 3.8) is 0 Å². The zero-order valence-corrected chi connectivity index (χ0v) is 19.1. The average Bonchev–Trinajstić information content (AvgIpc) is 2.64. The lowest BCUT2D eigenvalue weighted by Crippen LogP contribution is -2.47. The summed E-state index contributed by atoms with van der Waals surface area (Å²) in [7, 11) is 3.19. The molecule has 0 N–H and O–H groups in total. The second-order valence-corrected chi connectivity index (χ2v) is 10.3.